The summed E-state index contributed by atoms with van der Waals surface area (Å²) >= 11 is 0. The molecular weight excluding hydrogens is 242 g/mol. The normalized spacial score (nSPS) is 25.3. The molecule has 2 unspecified atom stereocenters. The fraction of sp³-hybridized carbons (Fsp3) is 0.700. The van der Waals surface area contributed by atoms with E-state index in [9.17, 15) is 8.42 Å². The van der Waals surface area contributed by atoms with E-state index in [4.69, 9.17) is 5.11 Å². The van der Waals surface area contributed by atoms with Crippen molar-refractivity contribution in [1.82, 2.24) is 14.9 Å². The summed E-state index contributed by atoms with van der Waals surface area (Å²) in [6, 6.07) is -0.00940. The van der Waals surface area contributed by atoms with Crippen molar-refractivity contribution in [1.29, 1.82) is 0 Å². The van der Waals surface area contributed by atoms with Gasteiger partial charge in [0.2, 0.25) is 0 Å². The lowest BCUT2D eigenvalue weighted by Gasteiger charge is -2.12. The lowest BCUT2D eigenvalue weighted by molar-refractivity contribution is 0.278. The zero-order valence-electron chi connectivity index (χ0n) is 9.68. The van der Waals surface area contributed by atoms with Gasteiger partial charge in [-0.1, -0.05) is 6.92 Å². The number of nitrogens with zero attached hydrogens (tertiary/aromatic N) is 1. The van der Waals surface area contributed by atoms with Gasteiger partial charge in [0.05, 0.1) is 12.8 Å². The number of aromatic nitrogens is 2. The number of nitrogens with one attached hydrogen (secondary N) is 2. The van der Waals surface area contributed by atoms with Crippen LogP contribution in [-0.2, 0) is 16.6 Å². The van der Waals surface area contributed by atoms with Crippen molar-refractivity contribution in [3.8, 4) is 0 Å². The highest BCUT2D eigenvalue weighted by atomic mass is 32.2. The first kappa shape index (κ1) is 12.5. The van der Waals surface area contributed by atoms with Crippen molar-refractivity contribution < 1.29 is 13.5 Å². The van der Waals surface area contributed by atoms with Crippen LogP contribution in [0.3, 0.4) is 0 Å². The topological polar surface area (TPSA) is 95.1 Å². The molecule has 1 saturated carbocycles. The van der Waals surface area contributed by atoms with Crippen LogP contribution in [0.5, 0.6) is 0 Å². The van der Waals surface area contributed by atoms with E-state index in [1.165, 1.54) is 6.20 Å². The lowest BCUT2D eigenvalue weighted by Crippen LogP contribution is -2.33. The maximum atomic E-state index is 12.0. The second-order valence-corrected chi connectivity index (χ2v) is 6.27. The number of hydrogen-bond donors (Lipinski definition) is 3. The minimum Gasteiger partial charge on any atom is -0.392 e. The molecule has 7 heteroatoms. The average Bonchev–Trinajstić information content (AvgIpc) is 2.86. The second-order valence-electron chi connectivity index (χ2n) is 4.62. The van der Waals surface area contributed by atoms with Gasteiger partial charge in [-0.3, -0.25) is 5.10 Å². The summed E-state index contributed by atoms with van der Waals surface area (Å²) in [6.45, 7) is 1.78. The van der Waals surface area contributed by atoms with E-state index in [2.05, 4.69) is 21.8 Å². The predicted octanol–water partition coefficient (Wildman–Crippen LogP) is 0.369. The minimum atomic E-state index is -3.59. The van der Waals surface area contributed by atoms with Gasteiger partial charge in [0, 0.05) is 11.6 Å². The molecule has 0 spiro atoms. The fourth-order valence-electron chi connectivity index (χ4n) is 2.24. The van der Waals surface area contributed by atoms with Gasteiger partial charge in [-0.15, -0.1) is 0 Å². The average molecular weight is 259 g/mol. The Morgan fingerprint density at radius 3 is 2.94 bits per heavy atom. The molecule has 96 valence electrons. The molecule has 1 aliphatic rings. The van der Waals surface area contributed by atoms with Gasteiger partial charge < -0.3 is 5.11 Å². The summed E-state index contributed by atoms with van der Waals surface area (Å²) in [5, 5.41) is 15.1. The first-order valence-corrected chi connectivity index (χ1v) is 7.16. The summed E-state index contributed by atoms with van der Waals surface area (Å²) in [5.41, 5.74) is 0.295. The van der Waals surface area contributed by atoms with Gasteiger partial charge in [0.15, 0.2) is 5.03 Å². The van der Waals surface area contributed by atoms with E-state index in [-0.39, 0.29) is 17.7 Å². The molecule has 17 heavy (non-hydrogen) atoms. The number of sulfonamides is 1. The summed E-state index contributed by atoms with van der Waals surface area (Å²) in [6.07, 6.45) is 4.10. The van der Waals surface area contributed by atoms with Gasteiger partial charge >= 0.3 is 0 Å². The van der Waals surface area contributed by atoms with Crippen LogP contribution in [0.25, 0.3) is 0 Å². The molecule has 2 atom stereocenters. The van der Waals surface area contributed by atoms with Crippen molar-refractivity contribution in [2.24, 2.45) is 5.92 Å². The second kappa shape index (κ2) is 4.75. The van der Waals surface area contributed by atoms with Crippen molar-refractivity contribution in [3.05, 3.63) is 11.8 Å². The van der Waals surface area contributed by atoms with Crippen LogP contribution in [0.15, 0.2) is 11.2 Å². The van der Waals surface area contributed by atoms with Gasteiger partial charge in [-0.05, 0) is 25.2 Å². The molecule has 0 radical (unpaired) electrons. The third kappa shape index (κ3) is 2.67. The zero-order valence-corrected chi connectivity index (χ0v) is 10.5. The first-order chi connectivity index (χ1) is 8.03. The molecule has 2 rings (SSSR count). The smallest absolute Gasteiger partial charge is 0.258 e. The molecule has 0 bridgehead atoms. The maximum absolute atomic E-state index is 12.0. The summed E-state index contributed by atoms with van der Waals surface area (Å²) in [5.74, 6) is 0.557. The van der Waals surface area contributed by atoms with Crippen molar-refractivity contribution in [3.63, 3.8) is 0 Å². The molecule has 3 N–H and O–H groups in total. The molecule has 0 aliphatic heterocycles. The first-order valence-electron chi connectivity index (χ1n) is 5.68. The van der Waals surface area contributed by atoms with E-state index in [0.29, 0.717) is 11.5 Å². The molecule has 0 aromatic carbocycles. The van der Waals surface area contributed by atoms with Crippen LogP contribution in [-0.4, -0.2) is 29.8 Å². The number of rotatable bonds is 4. The highest BCUT2D eigenvalue weighted by Gasteiger charge is 2.28. The molecular formula is C10H17N3O3S. The Kier molecular flexibility index (Phi) is 3.50. The van der Waals surface area contributed by atoms with Crippen LogP contribution in [0.2, 0.25) is 0 Å². The Hall–Kier alpha value is -0.920. The Balaban J connectivity index is 2.14. The quantitative estimate of drug-likeness (QED) is 0.728. The van der Waals surface area contributed by atoms with Crippen LogP contribution in [0.1, 0.15) is 31.7 Å². The molecule has 0 saturated heterocycles. The molecule has 1 aliphatic carbocycles. The standard InChI is InChI=1S/C10H17N3O3S/c1-7-2-3-9(4-7)13-17(15,16)10-8(6-14)5-11-12-10/h5,7,9,13-14H,2-4,6H2,1H3,(H,11,12). The number of aromatic amines is 1. The Labute approximate surface area is 100 Å². The molecule has 6 nitrogen and oxygen atoms in total. The molecule has 0 amide bonds. The van der Waals surface area contributed by atoms with Crippen molar-refractivity contribution >= 4 is 10.0 Å². The monoisotopic (exact) mass is 259 g/mol. The zero-order chi connectivity index (χ0) is 12.5. The van der Waals surface area contributed by atoms with Crippen molar-refractivity contribution in [2.75, 3.05) is 0 Å². The van der Waals surface area contributed by atoms with E-state index in [1.807, 2.05) is 0 Å². The van der Waals surface area contributed by atoms with Crippen LogP contribution in [0, 0.1) is 5.92 Å². The van der Waals surface area contributed by atoms with E-state index >= 15 is 0 Å². The molecule has 1 aromatic rings. The van der Waals surface area contributed by atoms with E-state index in [0.717, 1.165) is 19.3 Å². The molecule has 1 fully saturated rings. The van der Waals surface area contributed by atoms with Gasteiger partial charge in [0.1, 0.15) is 0 Å². The summed E-state index contributed by atoms with van der Waals surface area (Å²) in [4.78, 5) is 0. The van der Waals surface area contributed by atoms with E-state index < -0.39 is 10.0 Å². The third-order valence-corrected chi connectivity index (χ3v) is 4.67. The fourth-order valence-corrected chi connectivity index (χ4v) is 3.64. The van der Waals surface area contributed by atoms with Gasteiger partial charge in [0.25, 0.3) is 10.0 Å². The van der Waals surface area contributed by atoms with Crippen molar-refractivity contribution in [2.45, 2.75) is 43.9 Å². The highest BCUT2D eigenvalue weighted by Crippen LogP contribution is 2.26. The number of H-pyrrole nitrogens is 1. The maximum Gasteiger partial charge on any atom is 0.258 e. The summed E-state index contributed by atoms with van der Waals surface area (Å²) < 4.78 is 26.7. The minimum absolute atomic E-state index is 0.00940. The largest absolute Gasteiger partial charge is 0.392 e. The van der Waals surface area contributed by atoms with Crippen LogP contribution in [0.4, 0.5) is 0 Å². The van der Waals surface area contributed by atoms with E-state index in [1.54, 1.807) is 0 Å². The Morgan fingerprint density at radius 2 is 2.35 bits per heavy atom. The number of aliphatic hydroxyl groups is 1. The van der Waals surface area contributed by atoms with Gasteiger partial charge in [-0.2, -0.15) is 5.10 Å². The number of hydrogen-bond acceptors (Lipinski definition) is 4. The molecule has 1 heterocycles. The predicted molar refractivity (Wildman–Crippen MR) is 61.6 cm³/mol. The highest BCUT2D eigenvalue weighted by molar-refractivity contribution is 7.89. The number of aliphatic hydroxyl groups excluding tert-OH is 1. The van der Waals surface area contributed by atoms with Crippen LogP contribution >= 0.6 is 0 Å². The lowest BCUT2D eigenvalue weighted by atomic mass is 10.1. The third-order valence-electron chi connectivity index (χ3n) is 3.13. The van der Waals surface area contributed by atoms with Gasteiger partial charge in [-0.25, -0.2) is 13.1 Å². The van der Waals surface area contributed by atoms with Crippen LogP contribution < -0.4 is 4.72 Å². The molecule has 1 aromatic heterocycles. The SMILES string of the molecule is CC1CCC(NS(=O)(=O)c2[nH]ncc2CO)C1. The summed E-state index contributed by atoms with van der Waals surface area (Å²) in [7, 11) is -3.59. The Morgan fingerprint density at radius 1 is 1.59 bits per heavy atom. The Bertz CT molecular complexity index is 483.